The van der Waals surface area contributed by atoms with Gasteiger partial charge < -0.3 is 10.5 Å². The van der Waals surface area contributed by atoms with Crippen molar-refractivity contribution in [2.24, 2.45) is 0 Å². The van der Waals surface area contributed by atoms with Gasteiger partial charge in [-0.2, -0.15) is 4.31 Å². The molecule has 1 saturated heterocycles. The number of aryl methyl sites for hydroxylation is 1. The highest BCUT2D eigenvalue weighted by molar-refractivity contribution is 7.89. The van der Waals surface area contributed by atoms with Gasteiger partial charge in [0.2, 0.25) is 10.0 Å². The van der Waals surface area contributed by atoms with E-state index in [2.05, 4.69) is 0 Å². The monoisotopic (exact) mass is 284 g/mol. The Morgan fingerprint density at radius 2 is 1.84 bits per heavy atom. The summed E-state index contributed by atoms with van der Waals surface area (Å²) in [7, 11) is -3.56. The second kappa shape index (κ2) is 5.11. The van der Waals surface area contributed by atoms with E-state index in [0.29, 0.717) is 24.3 Å². The SMILES string of the molecule is Cc1cccc(N)c1S(=O)(=O)N1CC(C)OC(C)C1. The molecule has 1 fully saturated rings. The first kappa shape index (κ1) is 14.3. The molecule has 1 aliphatic rings. The van der Waals surface area contributed by atoms with Gasteiger partial charge in [0.05, 0.1) is 17.9 Å². The Bertz CT molecular complexity index is 541. The summed E-state index contributed by atoms with van der Waals surface area (Å²) in [5, 5.41) is 0. The molecule has 106 valence electrons. The van der Waals surface area contributed by atoms with Gasteiger partial charge in [-0.1, -0.05) is 12.1 Å². The van der Waals surface area contributed by atoms with Crippen molar-refractivity contribution in [3.8, 4) is 0 Å². The predicted molar refractivity (Wildman–Crippen MR) is 74.4 cm³/mol. The standard InChI is InChI=1S/C13H20N2O3S/c1-9-5-4-6-12(14)13(9)19(16,17)15-7-10(2)18-11(3)8-15/h4-6,10-11H,7-8,14H2,1-3H3. The number of nitrogens with two attached hydrogens (primary N) is 1. The van der Waals surface area contributed by atoms with Gasteiger partial charge in [0.15, 0.2) is 0 Å². The smallest absolute Gasteiger partial charge is 0.245 e. The topological polar surface area (TPSA) is 72.6 Å². The molecule has 0 amide bonds. The first-order chi connectivity index (χ1) is 8.82. The summed E-state index contributed by atoms with van der Waals surface area (Å²) < 4.78 is 32.5. The van der Waals surface area contributed by atoms with Crippen LogP contribution >= 0.6 is 0 Å². The van der Waals surface area contributed by atoms with Crippen molar-refractivity contribution in [2.75, 3.05) is 18.8 Å². The van der Waals surface area contributed by atoms with Crippen LogP contribution in [0.3, 0.4) is 0 Å². The second-order valence-electron chi connectivity index (χ2n) is 5.07. The number of ether oxygens (including phenoxy) is 1. The lowest BCUT2D eigenvalue weighted by molar-refractivity contribution is -0.0440. The molecule has 1 aromatic carbocycles. The van der Waals surface area contributed by atoms with Gasteiger partial charge in [0.1, 0.15) is 4.90 Å². The summed E-state index contributed by atoms with van der Waals surface area (Å²) in [6.45, 7) is 6.23. The number of hydrogen-bond donors (Lipinski definition) is 1. The fourth-order valence-electron chi connectivity index (χ4n) is 2.48. The van der Waals surface area contributed by atoms with Crippen molar-refractivity contribution in [3.63, 3.8) is 0 Å². The predicted octanol–water partition coefficient (Wildman–Crippen LogP) is 1.38. The number of nitrogens with zero attached hydrogens (tertiary/aromatic N) is 1. The molecule has 6 heteroatoms. The van der Waals surface area contributed by atoms with Crippen molar-refractivity contribution in [1.82, 2.24) is 4.31 Å². The third-order valence-electron chi connectivity index (χ3n) is 3.23. The van der Waals surface area contributed by atoms with E-state index in [1.165, 1.54) is 4.31 Å². The Kier molecular flexibility index (Phi) is 3.85. The van der Waals surface area contributed by atoms with E-state index in [9.17, 15) is 8.42 Å². The minimum Gasteiger partial charge on any atom is -0.398 e. The molecule has 0 bridgehead atoms. The van der Waals surface area contributed by atoms with Gasteiger partial charge in [0, 0.05) is 13.1 Å². The maximum absolute atomic E-state index is 12.7. The van der Waals surface area contributed by atoms with Crippen LogP contribution in [-0.4, -0.2) is 38.0 Å². The molecule has 19 heavy (non-hydrogen) atoms. The number of benzene rings is 1. The number of morpholine rings is 1. The molecular weight excluding hydrogens is 264 g/mol. The van der Waals surface area contributed by atoms with Gasteiger partial charge in [-0.15, -0.1) is 0 Å². The van der Waals surface area contributed by atoms with E-state index in [4.69, 9.17) is 10.5 Å². The van der Waals surface area contributed by atoms with Crippen LogP contribution < -0.4 is 5.73 Å². The minimum atomic E-state index is -3.56. The Labute approximate surface area is 114 Å². The summed E-state index contributed by atoms with van der Waals surface area (Å²) in [5.74, 6) is 0. The summed E-state index contributed by atoms with van der Waals surface area (Å²) in [5.41, 5.74) is 6.82. The Morgan fingerprint density at radius 3 is 2.37 bits per heavy atom. The van der Waals surface area contributed by atoms with E-state index in [1.54, 1.807) is 25.1 Å². The number of rotatable bonds is 2. The second-order valence-corrected chi connectivity index (χ2v) is 6.95. The number of anilines is 1. The first-order valence-electron chi connectivity index (χ1n) is 6.33. The summed E-state index contributed by atoms with van der Waals surface area (Å²) in [6, 6.07) is 5.14. The maximum atomic E-state index is 12.7. The lowest BCUT2D eigenvalue weighted by atomic mass is 10.2. The third kappa shape index (κ3) is 2.75. The van der Waals surface area contributed by atoms with E-state index < -0.39 is 10.0 Å². The van der Waals surface area contributed by atoms with E-state index in [1.807, 2.05) is 13.8 Å². The molecule has 1 heterocycles. The number of nitrogen functional groups attached to an aromatic ring is 1. The minimum absolute atomic E-state index is 0.108. The fourth-order valence-corrected chi connectivity index (χ4v) is 4.39. The van der Waals surface area contributed by atoms with Gasteiger partial charge in [-0.05, 0) is 32.4 Å². The lowest BCUT2D eigenvalue weighted by Crippen LogP contribution is -2.48. The zero-order chi connectivity index (χ0) is 14.2. The van der Waals surface area contributed by atoms with Gasteiger partial charge in [0.25, 0.3) is 0 Å². The molecule has 2 N–H and O–H groups in total. The fraction of sp³-hybridized carbons (Fsp3) is 0.538. The molecule has 5 nitrogen and oxygen atoms in total. The highest BCUT2D eigenvalue weighted by Crippen LogP contribution is 2.27. The van der Waals surface area contributed by atoms with Crippen LogP contribution in [0.15, 0.2) is 23.1 Å². The molecule has 0 spiro atoms. The van der Waals surface area contributed by atoms with Crippen molar-refractivity contribution in [2.45, 2.75) is 37.9 Å². The Balaban J connectivity index is 2.42. The van der Waals surface area contributed by atoms with Crippen LogP contribution in [0.5, 0.6) is 0 Å². The van der Waals surface area contributed by atoms with Gasteiger partial charge in [-0.3, -0.25) is 0 Å². The summed E-state index contributed by atoms with van der Waals surface area (Å²) in [4.78, 5) is 0.219. The van der Waals surface area contributed by atoms with Crippen LogP contribution in [0.1, 0.15) is 19.4 Å². The molecule has 2 atom stereocenters. The van der Waals surface area contributed by atoms with Gasteiger partial charge in [-0.25, -0.2) is 8.42 Å². The maximum Gasteiger partial charge on any atom is 0.245 e. The molecule has 1 aliphatic heterocycles. The van der Waals surface area contributed by atoms with Crippen molar-refractivity contribution in [1.29, 1.82) is 0 Å². The molecule has 0 aromatic heterocycles. The largest absolute Gasteiger partial charge is 0.398 e. The average molecular weight is 284 g/mol. The number of sulfonamides is 1. The van der Waals surface area contributed by atoms with Crippen LogP contribution in [0.25, 0.3) is 0 Å². The molecule has 1 aromatic rings. The molecule has 0 radical (unpaired) electrons. The van der Waals surface area contributed by atoms with E-state index in [0.717, 1.165) is 0 Å². The zero-order valence-corrected chi connectivity index (χ0v) is 12.3. The Morgan fingerprint density at radius 1 is 1.26 bits per heavy atom. The van der Waals surface area contributed by atoms with Crippen molar-refractivity contribution in [3.05, 3.63) is 23.8 Å². The van der Waals surface area contributed by atoms with Crippen LogP contribution in [0, 0.1) is 6.92 Å². The van der Waals surface area contributed by atoms with Crippen molar-refractivity contribution < 1.29 is 13.2 Å². The lowest BCUT2D eigenvalue weighted by Gasteiger charge is -2.34. The molecule has 0 saturated carbocycles. The highest BCUT2D eigenvalue weighted by Gasteiger charge is 2.34. The molecule has 2 rings (SSSR count). The third-order valence-corrected chi connectivity index (χ3v) is 5.28. The number of hydrogen-bond acceptors (Lipinski definition) is 4. The Hall–Kier alpha value is -1.11. The zero-order valence-electron chi connectivity index (χ0n) is 11.5. The van der Waals surface area contributed by atoms with Crippen LogP contribution in [0.2, 0.25) is 0 Å². The molecular formula is C13H20N2O3S. The van der Waals surface area contributed by atoms with Gasteiger partial charge >= 0.3 is 0 Å². The van der Waals surface area contributed by atoms with Crippen LogP contribution in [0.4, 0.5) is 5.69 Å². The molecule has 2 unspecified atom stereocenters. The van der Waals surface area contributed by atoms with Crippen LogP contribution in [-0.2, 0) is 14.8 Å². The van der Waals surface area contributed by atoms with E-state index >= 15 is 0 Å². The highest BCUT2D eigenvalue weighted by atomic mass is 32.2. The first-order valence-corrected chi connectivity index (χ1v) is 7.77. The van der Waals surface area contributed by atoms with E-state index in [-0.39, 0.29) is 17.1 Å². The normalized spacial score (nSPS) is 25.4. The summed E-state index contributed by atoms with van der Waals surface area (Å²) >= 11 is 0. The average Bonchev–Trinajstić information content (AvgIpc) is 2.26. The molecule has 0 aliphatic carbocycles. The quantitative estimate of drug-likeness (QED) is 0.833. The van der Waals surface area contributed by atoms with Crippen molar-refractivity contribution >= 4 is 15.7 Å². The summed E-state index contributed by atoms with van der Waals surface area (Å²) in [6.07, 6.45) is -0.215.